The molecule has 2 N–H and O–H groups in total. The quantitative estimate of drug-likeness (QED) is 0.203. The molecule has 3 aromatic rings. The van der Waals surface area contributed by atoms with Crippen LogP contribution in [0.25, 0.3) is 5.69 Å². The van der Waals surface area contributed by atoms with Gasteiger partial charge in [0.1, 0.15) is 5.82 Å². The molecule has 0 saturated heterocycles. The standard InChI is InChI=1S/C20H28N8O.HI/c1-15-9-11-28(26-15)18-8-6-5-7-17(18)13-22-20(21-10-12-29-4)23-14-19-25-24-16(2)27(19)3;/h5-9,11H,10,12-14H2,1-4H3,(H2,21,22,23);1H. The number of guanidine groups is 1. The number of nitrogens with one attached hydrogen (secondary N) is 2. The number of aliphatic imine (C=N–C) groups is 1. The number of hydrogen-bond acceptors (Lipinski definition) is 5. The Labute approximate surface area is 194 Å². The highest BCUT2D eigenvalue weighted by molar-refractivity contribution is 14.0. The Balaban J connectivity index is 0.00000320. The van der Waals surface area contributed by atoms with Gasteiger partial charge in [-0.25, -0.2) is 9.67 Å². The van der Waals surface area contributed by atoms with Crippen LogP contribution in [-0.2, 0) is 24.9 Å². The number of aryl methyl sites for hydroxylation is 2. The van der Waals surface area contributed by atoms with Crippen LogP contribution in [0.3, 0.4) is 0 Å². The molecule has 0 amide bonds. The third-order valence-corrected chi connectivity index (χ3v) is 4.56. The highest BCUT2D eigenvalue weighted by atomic mass is 127. The maximum Gasteiger partial charge on any atom is 0.192 e. The fourth-order valence-corrected chi connectivity index (χ4v) is 2.80. The van der Waals surface area contributed by atoms with Crippen LogP contribution in [0.5, 0.6) is 0 Å². The molecule has 2 heterocycles. The molecule has 0 atom stereocenters. The molecule has 0 aliphatic heterocycles. The molecule has 3 rings (SSSR count). The zero-order valence-electron chi connectivity index (χ0n) is 17.8. The minimum absolute atomic E-state index is 0. The predicted molar refractivity (Wildman–Crippen MR) is 127 cm³/mol. The first-order chi connectivity index (χ1) is 14.1. The number of halogens is 1. The molecular weight excluding hydrogens is 495 g/mol. The van der Waals surface area contributed by atoms with Crippen LogP contribution in [0.4, 0.5) is 0 Å². The summed E-state index contributed by atoms with van der Waals surface area (Å²) in [6, 6.07) is 10.1. The number of para-hydroxylation sites is 1. The lowest BCUT2D eigenvalue weighted by Gasteiger charge is -2.13. The van der Waals surface area contributed by atoms with Crippen LogP contribution in [-0.4, -0.2) is 50.8 Å². The van der Waals surface area contributed by atoms with Crippen LogP contribution in [0.15, 0.2) is 41.5 Å². The summed E-state index contributed by atoms with van der Waals surface area (Å²) in [5.74, 6) is 2.40. The van der Waals surface area contributed by atoms with E-state index in [0.29, 0.717) is 32.2 Å². The minimum atomic E-state index is 0. The third kappa shape index (κ3) is 6.26. The van der Waals surface area contributed by atoms with E-state index in [0.717, 1.165) is 28.6 Å². The molecular formula is C20H29IN8O. The van der Waals surface area contributed by atoms with Gasteiger partial charge in [0, 0.05) is 26.9 Å². The van der Waals surface area contributed by atoms with E-state index in [1.54, 1.807) is 7.11 Å². The van der Waals surface area contributed by atoms with E-state index in [4.69, 9.17) is 9.73 Å². The van der Waals surface area contributed by atoms with Gasteiger partial charge >= 0.3 is 0 Å². The van der Waals surface area contributed by atoms with Crippen LogP contribution in [0.1, 0.15) is 22.9 Å². The molecule has 10 heteroatoms. The summed E-state index contributed by atoms with van der Waals surface area (Å²) in [5.41, 5.74) is 3.08. The molecule has 1 aromatic carbocycles. The second-order valence-electron chi connectivity index (χ2n) is 6.69. The molecule has 30 heavy (non-hydrogen) atoms. The van der Waals surface area contributed by atoms with E-state index in [2.05, 4.69) is 32.0 Å². The average molecular weight is 524 g/mol. The van der Waals surface area contributed by atoms with Crippen molar-refractivity contribution in [2.75, 3.05) is 20.3 Å². The van der Waals surface area contributed by atoms with Crippen molar-refractivity contribution in [2.24, 2.45) is 12.0 Å². The van der Waals surface area contributed by atoms with Crippen molar-refractivity contribution < 1.29 is 4.74 Å². The number of nitrogens with zero attached hydrogens (tertiary/aromatic N) is 6. The number of rotatable bonds is 8. The van der Waals surface area contributed by atoms with Crippen molar-refractivity contribution in [1.82, 2.24) is 35.2 Å². The number of hydrogen-bond donors (Lipinski definition) is 2. The van der Waals surface area contributed by atoms with Gasteiger partial charge < -0.3 is 19.9 Å². The van der Waals surface area contributed by atoms with E-state index in [1.165, 1.54) is 0 Å². The Morgan fingerprint density at radius 3 is 2.60 bits per heavy atom. The molecule has 0 spiro atoms. The molecule has 2 aromatic heterocycles. The second kappa shape index (κ2) is 11.6. The highest BCUT2D eigenvalue weighted by Gasteiger charge is 2.08. The maximum absolute atomic E-state index is 5.14. The van der Waals surface area contributed by atoms with Gasteiger partial charge in [0.15, 0.2) is 11.8 Å². The summed E-state index contributed by atoms with van der Waals surface area (Å²) < 4.78 is 8.97. The maximum atomic E-state index is 5.14. The number of methoxy groups -OCH3 is 1. The third-order valence-electron chi connectivity index (χ3n) is 4.56. The highest BCUT2D eigenvalue weighted by Crippen LogP contribution is 2.15. The molecule has 9 nitrogen and oxygen atoms in total. The summed E-state index contributed by atoms with van der Waals surface area (Å²) in [7, 11) is 3.63. The molecule has 0 unspecified atom stereocenters. The monoisotopic (exact) mass is 524 g/mol. The van der Waals surface area contributed by atoms with E-state index in [-0.39, 0.29) is 24.0 Å². The van der Waals surface area contributed by atoms with Crippen molar-refractivity contribution >= 4 is 29.9 Å². The summed E-state index contributed by atoms with van der Waals surface area (Å²) in [6.45, 7) is 6.18. The normalized spacial score (nSPS) is 11.3. The lowest BCUT2D eigenvalue weighted by atomic mass is 10.2. The van der Waals surface area contributed by atoms with Crippen molar-refractivity contribution in [1.29, 1.82) is 0 Å². The molecule has 0 radical (unpaired) electrons. The van der Waals surface area contributed by atoms with Gasteiger partial charge in [0.05, 0.1) is 31.1 Å². The fourth-order valence-electron chi connectivity index (χ4n) is 2.80. The smallest absolute Gasteiger partial charge is 0.192 e. The Hall–Kier alpha value is -2.47. The fraction of sp³-hybridized carbons (Fsp3) is 0.400. The van der Waals surface area contributed by atoms with Crippen LogP contribution in [0, 0.1) is 13.8 Å². The molecule has 0 bridgehead atoms. The van der Waals surface area contributed by atoms with Crippen molar-refractivity contribution in [2.45, 2.75) is 26.9 Å². The van der Waals surface area contributed by atoms with Gasteiger partial charge in [-0.3, -0.25) is 0 Å². The lowest BCUT2D eigenvalue weighted by molar-refractivity contribution is 0.203. The number of benzene rings is 1. The molecule has 0 aliphatic rings. The Bertz CT molecular complexity index is 965. The second-order valence-corrected chi connectivity index (χ2v) is 6.69. The van der Waals surface area contributed by atoms with Crippen molar-refractivity contribution in [3.63, 3.8) is 0 Å². The van der Waals surface area contributed by atoms with E-state index < -0.39 is 0 Å². The molecule has 0 saturated carbocycles. The van der Waals surface area contributed by atoms with Crippen LogP contribution < -0.4 is 10.6 Å². The first kappa shape index (κ1) is 23.8. The van der Waals surface area contributed by atoms with Gasteiger partial charge in [-0.05, 0) is 31.5 Å². The van der Waals surface area contributed by atoms with Gasteiger partial charge in [-0.15, -0.1) is 34.2 Å². The molecule has 0 fully saturated rings. The van der Waals surface area contributed by atoms with E-state index in [1.807, 2.05) is 60.6 Å². The summed E-state index contributed by atoms with van der Waals surface area (Å²) in [6.07, 6.45) is 1.96. The zero-order valence-corrected chi connectivity index (χ0v) is 20.1. The summed E-state index contributed by atoms with van der Waals surface area (Å²) >= 11 is 0. The van der Waals surface area contributed by atoms with E-state index in [9.17, 15) is 0 Å². The minimum Gasteiger partial charge on any atom is -0.383 e. The first-order valence-corrected chi connectivity index (χ1v) is 9.55. The topological polar surface area (TPSA) is 94.2 Å². The van der Waals surface area contributed by atoms with Crippen LogP contribution in [0.2, 0.25) is 0 Å². The Morgan fingerprint density at radius 1 is 1.13 bits per heavy atom. The lowest BCUT2D eigenvalue weighted by Crippen LogP contribution is -2.39. The Kier molecular flexibility index (Phi) is 9.24. The molecule has 162 valence electrons. The van der Waals surface area contributed by atoms with E-state index >= 15 is 0 Å². The van der Waals surface area contributed by atoms with Crippen molar-refractivity contribution in [3.05, 3.63) is 59.4 Å². The van der Waals surface area contributed by atoms with Gasteiger partial charge in [-0.1, -0.05) is 18.2 Å². The Morgan fingerprint density at radius 2 is 1.93 bits per heavy atom. The SMILES string of the molecule is COCCNC(=NCc1ccccc1-n1ccc(C)n1)NCc1nnc(C)n1C.I. The number of aromatic nitrogens is 5. The molecule has 0 aliphatic carbocycles. The predicted octanol–water partition coefficient (Wildman–Crippen LogP) is 2.12. The largest absolute Gasteiger partial charge is 0.383 e. The van der Waals surface area contributed by atoms with Crippen LogP contribution >= 0.6 is 24.0 Å². The number of ether oxygens (including phenoxy) is 1. The summed E-state index contributed by atoms with van der Waals surface area (Å²) in [4.78, 5) is 4.75. The zero-order chi connectivity index (χ0) is 20.6. The van der Waals surface area contributed by atoms with Gasteiger partial charge in [-0.2, -0.15) is 5.10 Å². The van der Waals surface area contributed by atoms with Gasteiger partial charge in [0.2, 0.25) is 0 Å². The average Bonchev–Trinajstić information content (AvgIpc) is 3.30. The van der Waals surface area contributed by atoms with Crippen molar-refractivity contribution in [3.8, 4) is 5.69 Å². The summed E-state index contributed by atoms with van der Waals surface area (Å²) in [5, 5.41) is 19.4. The van der Waals surface area contributed by atoms with Gasteiger partial charge in [0.25, 0.3) is 0 Å². The first-order valence-electron chi connectivity index (χ1n) is 9.55.